The van der Waals surface area contributed by atoms with E-state index in [9.17, 15) is 30.2 Å². The Morgan fingerprint density at radius 3 is 2.08 bits per heavy atom. The highest BCUT2D eigenvalue weighted by atomic mass is 16.7. The standard InChI is InChI=1S/C43H52N10O11/c1-52(31-14-10-29(11-15-31)47-49-34-25-37(61-3)35(26-36(34)60-2)50-48-30-12-16-32(17-13-30)53(58)59)23-6-7-39(54)45-22-20-28-8-18-33(19-9-28)63-43-42(57)41(56)40(55)38(64-43)27-62-24-5-4-21-46-51-44/h8-19,25-26,38,40-43,55-57H,4-7,20-24,27H2,1-3H3,(H,45,54)/b49-47+,50-48+/t38-,40-,41+,42-,43-/m1/s1. The number of nitrogens with zero attached hydrogens (tertiary/aromatic N) is 9. The average Bonchev–Trinajstić information content (AvgIpc) is 3.31. The van der Waals surface area contributed by atoms with Crippen LogP contribution in [-0.4, -0.2) is 111 Å². The summed E-state index contributed by atoms with van der Waals surface area (Å²) in [7, 11) is 4.92. The van der Waals surface area contributed by atoms with Gasteiger partial charge in [0.05, 0.1) is 37.1 Å². The maximum absolute atomic E-state index is 12.6. The Labute approximate surface area is 369 Å². The van der Waals surface area contributed by atoms with Crippen LogP contribution in [0, 0.1) is 10.1 Å². The van der Waals surface area contributed by atoms with Crippen LogP contribution in [0.25, 0.3) is 10.4 Å². The number of anilines is 1. The molecule has 0 radical (unpaired) electrons. The summed E-state index contributed by atoms with van der Waals surface area (Å²) in [5.74, 6) is 1.07. The Morgan fingerprint density at radius 2 is 1.48 bits per heavy atom. The zero-order chi connectivity index (χ0) is 45.8. The van der Waals surface area contributed by atoms with Gasteiger partial charge >= 0.3 is 0 Å². The molecule has 0 spiro atoms. The molecule has 0 aromatic heterocycles. The molecule has 1 aliphatic rings. The van der Waals surface area contributed by atoms with Crippen molar-refractivity contribution >= 4 is 40.0 Å². The molecule has 0 aliphatic carbocycles. The smallest absolute Gasteiger partial charge is 0.269 e. The molecular formula is C43H52N10O11. The fraction of sp³-hybridized carbons (Fsp3) is 0.419. The molecule has 1 fully saturated rings. The number of amides is 1. The summed E-state index contributed by atoms with van der Waals surface area (Å²) in [6.07, 6.45) is -3.70. The lowest BCUT2D eigenvalue weighted by Crippen LogP contribution is -2.60. The van der Waals surface area contributed by atoms with Crippen molar-refractivity contribution in [1.29, 1.82) is 0 Å². The number of unbranched alkanes of at least 4 members (excludes halogenated alkanes) is 1. The highest BCUT2D eigenvalue weighted by Crippen LogP contribution is 2.41. The van der Waals surface area contributed by atoms with Crippen LogP contribution in [0.15, 0.2) is 111 Å². The number of hydrogen-bond acceptors (Lipinski definition) is 17. The Morgan fingerprint density at radius 1 is 0.859 bits per heavy atom. The lowest BCUT2D eigenvalue weighted by atomic mass is 9.99. The van der Waals surface area contributed by atoms with E-state index in [-0.39, 0.29) is 18.2 Å². The Kier molecular flexibility index (Phi) is 18.7. The molecule has 340 valence electrons. The van der Waals surface area contributed by atoms with Gasteiger partial charge in [-0.05, 0) is 85.3 Å². The number of benzene rings is 4. The van der Waals surface area contributed by atoms with Crippen molar-refractivity contribution in [3.8, 4) is 17.2 Å². The summed E-state index contributed by atoms with van der Waals surface area (Å²) in [5, 5.41) is 65.7. The third-order valence-corrected chi connectivity index (χ3v) is 10.00. The van der Waals surface area contributed by atoms with E-state index in [1.807, 2.05) is 48.3 Å². The molecule has 21 heteroatoms. The van der Waals surface area contributed by atoms with Gasteiger partial charge in [-0.2, -0.15) is 10.2 Å². The molecule has 0 bridgehead atoms. The lowest BCUT2D eigenvalue weighted by Gasteiger charge is -2.40. The van der Waals surface area contributed by atoms with Crippen molar-refractivity contribution in [3.05, 3.63) is 111 Å². The maximum Gasteiger partial charge on any atom is 0.269 e. The van der Waals surface area contributed by atoms with Gasteiger partial charge in [-0.3, -0.25) is 14.9 Å². The summed E-state index contributed by atoms with van der Waals surface area (Å²) in [6.45, 7) is 1.75. The minimum absolute atomic E-state index is 0.0295. The molecule has 1 amide bonds. The second-order valence-electron chi connectivity index (χ2n) is 14.5. The van der Waals surface area contributed by atoms with Gasteiger partial charge in [0, 0.05) is 74.6 Å². The molecule has 5 atom stereocenters. The number of rotatable bonds is 24. The number of nitro groups is 1. The molecule has 4 aromatic carbocycles. The quantitative estimate of drug-likeness (QED) is 0.0135. The van der Waals surface area contributed by atoms with Gasteiger partial charge in [0.25, 0.3) is 5.69 Å². The number of carbonyl (C=O) groups excluding carboxylic acids is 1. The van der Waals surface area contributed by atoms with Crippen molar-refractivity contribution < 1.29 is 48.7 Å². The number of ether oxygens (including phenoxy) is 5. The summed E-state index contributed by atoms with van der Waals surface area (Å²) in [6, 6.07) is 23.4. The molecule has 21 nitrogen and oxygen atoms in total. The van der Waals surface area contributed by atoms with E-state index < -0.39 is 35.6 Å². The van der Waals surface area contributed by atoms with Crippen molar-refractivity contribution in [2.45, 2.75) is 62.8 Å². The number of nitrogens with one attached hydrogen (secondary N) is 1. The molecule has 1 aliphatic heterocycles. The van der Waals surface area contributed by atoms with E-state index in [2.05, 4.69) is 35.8 Å². The number of non-ortho nitro benzene ring substituents is 1. The van der Waals surface area contributed by atoms with Gasteiger partial charge in [-0.15, -0.1) is 10.2 Å². The Balaban J connectivity index is 1.02. The van der Waals surface area contributed by atoms with Crippen LogP contribution in [0.5, 0.6) is 17.2 Å². The molecule has 64 heavy (non-hydrogen) atoms. The van der Waals surface area contributed by atoms with E-state index in [1.165, 1.54) is 38.5 Å². The number of aliphatic hydroxyl groups is 3. The predicted molar refractivity (Wildman–Crippen MR) is 234 cm³/mol. The lowest BCUT2D eigenvalue weighted by molar-refractivity contribution is -0.384. The summed E-state index contributed by atoms with van der Waals surface area (Å²) < 4.78 is 28.1. The minimum Gasteiger partial charge on any atom is -0.494 e. The second kappa shape index (κ2) is 24.8. The molecule has 4 aromatic rings. The van der Waals surface area contributed by atoms with Crippen LogP contribution < -0.4 is 24.4 Å². The fourth-order valence-corrected chi connectivity index (χ4v) is 6.35. The number of hydrogen-bond donors (Lipinski definition) is 4. The molecular weight excluding hydrogens is 833 g/mol. The maximum atomic E-state index is 12.6. The van der Waals surface area contributed by atoms with Crippen LogP contribution in [0.3, 0.4) is 0 Å². The van der Waals surface area contributed by atoms with Crippen molar-refractivity contribution in [2.75, 3.05) is 59.0 Å². The monoisotopic (exact) mass is 884 g/mol. The van der Waals surface area contributed by atoms with Crippen LogP contribution >= 0.6 is 0 Å². The summed E-state index contributed by atoms with van der Waals surface area (Å²) in [4.78, 5) is 27.8. The van der Waals surface area contributed by atoms with Crippen molar-refractivity contribution in [3.63, 3.8) is 0 Å². The van der Waals surface area contributed by atoms with Crippen molar-refractivity contribution in [2.24, 2.45) is 25.6 Å². The average molecular weight is 885 g/mol. The largest absolute Gasteiger partial charge is 0.494 e. The molecule has 5 rings (SSSR count). The first-order valence-electron chi connectivity index (χ1n) is 20.4. The normalized spacial score (nSPS) is 18.4. The first-order chi connectivity index (χ1) is 31.0. The Bertz CT molecular complexity index is 2220. The van der Waals surface area contributed by atoms with E-state index in [0.29, 0.717) is 98.3 Å². The number of methoxy groups -OCH3 is 2. The van der Waals surface area contributed by atoms with Gasteiger partial charge in [0.15, 0.2) is 0 Å². The highest BCUT2D eigenvalue weighted by Gasteiger charge is 2.45. The zero-order valence-electron chi connectivity index (χ0n) is 35.7. The second-order valence-corrected chi connectivity index (χ2v) is 14.5. The van der Waals surface area contributed by atoms with E-state index in [0.717, 1.165) is 11.3 Å². The van der Waals surface area contributed by atoms with Gasteiger partial charge in [0.1, 0.15) is 53.0 Å². The van der Waals surface area contributed by atoms with E-state index in [1.54, 1.807) is 24.3 Å². The van der Waals surface area contributed by atoms with E-state index >= 15 is 0 Å². The minimum atomic E-state index is -1.50. The van der Waals surface area contributed by atoms with Gasteiger partial charge in [-0.1, -0.05) is 17.2 Å². The summed E-state index contributed by atoms with van der Waals surface area (Å²) in [5.41, 5.74) is 12.0. The van der Waals surface area contributed by atoms with Crippen LogP contribution in [0.4, 0.5) is 34.1 Å². The third-order valence-electron chi connectivity index (χ3n) is 10.00. The van der Waals surface area contributed by atoms with Gasteiger partial charge < -0.3 is 49.2 Å². The molecule has 0 unspecified atom stereocenters. The summed E-state index contributed by atoms with van der Waals surface area (Å²) >= 11 is 0. The van der Waals surface area contributed by atoms with Crippen LogP contribution in [-0.2, 0) is 20.7 Å². The number of carbonyl (C=O) groups is 1. The first-order valence-corrected chi connectivity index (χ1v) is 20.4. The zero-order valence-corrected chi connectivity index (χ0v) is 35.7. The van der Waals surface area contributed by atoms with Crippen LogP contribution in [0.1, 0.15) is 31.2 Å². The molecule has 4 N–H and O–H groups in total. The Hall–Kier alpha value is -6.74. The van der Waals surface area contributed by atoms with Crippen molar-refractivity contribution in [1.82, 2.24) is 5.32 Å². The SMILES string of the molecule is COc1cc(/N=N/c2ccc([N+](=O)[O-])cc2)c(OC)cc1/N=N/c1ccc(N(C)CCCC(=O)NCCc2ccc(O[C@@H]3O[C@H](COCCCCN=[N+]=[N-])[C@@H](O)[C@H](O)[C@H]3O)cc2)cc1. The third kappa shape index (κ3) is 14.4. The number of azide groups is 1. The highest BCUT2D eigenvalue weighted by molar-refractivity contribution is 5.75. The topological polar surface area (TPSA) is 281 Å². The number of aliphatic hydroxyl groups excluding tert-OH is 3. The van der Waals surface area contributed by atoms with Gasteiger partial charge in [0.2, 0.25) is 12.2 Å². The number of nitro benzene ring substituents is 1. The van der Waals surface area contributed by atoms with Crippen LogP contribution in [0.2, 0.25) is 0 Å². The number of azo groups is 2. The molecule has 1 saturated heterocycles. The van der Waals surface area contributed by atoms with Gasteiger partial charge in [-0.25, -0.2) is 0 Å². The van der Waals surface area contributed by atoms with E-state index in [4.69, 9.17) is 29.2 Å². The molecule has 0 saturated carbocycles. The molecule has 1 heterocycles. The fourth-order valence-electron chi connectivity index (χ4n) is 6.35. The first kappa shape index (κ1) is 48.3. The predicted octanol–water partition coefficient (Wildman–Crippen LogP) is 7.31.